The van der Waals surface area contributed by atoms with Crippen LogP contribution >= 0.6 is 11.3 Å². The number of aryl methyl sites for hydroxylation is 1. The molecule has 2 rings (SSSR count). The summed E-state index contributed by atoms with van der Waals surface area (Å²) < 4.78 is 0. The Bertz CT molecular complexity index is 329. The lowest BCUT2D eigenvalue weighted by atomic mass is 10.1. The molecule has 1 aromatic rings. The van der Waals surface area contributed by atoms with Gasteiger partial charge in [0.1, 0.15) is 0 Å². The number of hydrogen-bond acceptors (Lipinski definition) is 3. The second kappa shape index (κ2) is 6.53. The van der Waals surface area contributed by atoms with Gasteiger partial charge in [0.2, 0.25) is 0 Å². The highest BCUT2D eigenvalue weighted by Gasteiger charge is 2.16. The number of hydrogen-bond donors (Lipinski definition) is 2. The Kier molecular flexibility index (Phi) is 5.01. The molecular formula is C14H24N2S. The summed E-state index contributed by atoms with van der Waals surface area (Å²) >= 11 is 1.88. The molecule has 1 aliphatic rings. The Hall–Kier alpha value is -0.380. The van der Waals surface area contributed by atoms with E-state index in [4.69, 9.17) is 0 Å². The third-order valence-corrected chi connectivity index (χ3v) is 4.59. The Balaban J connectivity index is 1.73. The summed E-state index contributed by atoms with van der Waals surface area (Å²) in [4.78, 5) is 1.51. The lowest BCUT2D eigenvalue weighted by Gasteiger charge is -2.18. The molecular weight excluding hydrogens is 228 g/mol. The van der Waals surface area contributed by atoms with Crippen molar-refractivity contribution in [2.24, 2.45) is 0 Å². The molecule has 3 heteroatoms. The first-order valence-electron chi connectivity index (χ1n) is 6.81. The molecule has 0 amide bonds. The maximum atomic E-state index is 3.66. The molecule has 1 aromatic heterocycles. The predicted octanol–water partition coefficient (Wildman–Crippen LogP) is 2.93. The van der Waals surface area contributed by atoms with Crippen molar-refractivity contribution in [1.82, 2.24) is 10.6 Å². The normalized spacial score (nSPS) is 21.9. The first-order chi connectivity index (χ1) is 8.29. The fraction of sp³-hybridized carbons (Fsp3) is 0.714. The molecule has 1 saturated heterocycles. The summed E-state index contributed by atoms with van der Waals surface area (Å²) in [7, 11) is 0. The monoisotopic (exact) mass is 252 g/mol. The van der Waals surface area contributed by atoms with E-state index in [1.54, 1.807) is 0 Å². The van der Waals surface area contributed by atoms with Gasteiger partial charge in [-0.2, -0.15) is 0 Å². The van der Waals surface area contributed by atoms with E-state index in [1.807, 2.05) is 11.3 Å². The molecule has 2 unspecified atom stereocenters. The molecule has 2 atom stereocenters. The fourth-order valence-electron chi connectivity index (χ4n) is 2.57. The molecule has 0 spiro atoms. The highest BCUT2D eigenvalue weighted by molar-refractivity contribution is 7.10. The van der Waals surface area contributed by atoms with Crippen molar-refractivity contribution >= 4 is 11.3 Å². The van der Waals surface area contributed by atoms with Crippen LogP contribution in [0.1, 0.15) is 43.6 Å². The Morgan fingerprint density at radius 3 is 3.18 bits per heavy atom. The van der Waals surface area contributed by atoms with Crippen LogP contribution in [0.3, 0.4) is 0 Å². The van der Waals surface area contributed by atoms with Gasteiger partial charge in [-0.25, -0.2) is 0 Å². The number of nitrogens with one attached hydrogen (secondary N) is 2. The topological polar surface area (TPSA) is 24.1 Å². The van der Waals surface area contributed by atoms with Crippen molar-refractivity contribution in [3.8, 4) is 0 Å². The van der Waals surface area contributed by atoms with Crippen molar-refractivity contribution in [3.63, 3.8) is 0 Å². The Morgan fingerprint density at radius 1 is 1.59 bits per heavy atom. The van der Waals surface area contributed by atoms with Gasteiger partial charge in [-0.3, -0.25) is 0 Å². The average Bonchev–Trinajstić information content (AvgIpc) is 2.96. The van der Waals surface area contributed by atoms with Crippen molar-refractivity contribution < 1.29 is 0 Å². The van der Waals surface area contributed by atoms with Gasteiger partial charge in [0.25, 0.3) is 0 Å². The molecule has 17 heavy (non-hydrogen) atoms. The van der Waals surface area contributed by atoms with Gasteiger partial charge < -0.3 is 10.6 Å². The summed E-state index contributed by atoms with van der Waals surface area (Å²) in [5, 5.41) is 9.43. The molecule has 2 nitrogen and oxygen atoms in total. The second-order valence-corrected chi connectivity index (χ2v) is 6.03. The van der Waals surface area contributed by atoms with Gasteiger partial charge in [-0.1, -0.05) is 6.92 Å². The first-order valence-corrected chi connectivity index (χ1v) is 7.69. The van der Waals surface area contributed by atoms with E-state index in [9.17, 15) is 0 Å². The third-order valence-electron chi connectivity index (χ3n) is 3.63. The zero-order chi connectivity index (χ0) is 12.1. The molecule has 0 saturated carbocycles. The van der Waals surface area contributed by atoms with Crippen LogP contribution in [0.5, 0.6) is 0 Å². The van der Waals surface area contributed by atoms with Gasteiger partial charge in [0.05, 0.1) is 0 Å². The smallest absolute Gasteiger partial charge is 0.0304 e. The van der Waals surface area contributed by atoms with Crippen LogP contribution in [-0.4, -0.2) is 18.6 Å². The highest BCUT2D eigenvalue weighted by atomic mass is 32.1. The van der Waals surface area contributed by atoms with Gasteiger partial charge in [0.15, 0.2) is 0 Å². The standard InChI is InChI=1S/C14H24N2S/c1-3-12-6-8-17-14(12)10-16-11(2)9-13-5-4-7-15-13/h6,8,11,13,15-16H,3-5,7,9-10H2,1-2H3. The van der Waals surface area contributed by atoms with Gasteiger partial charge in [0, 0.05) is 23.5 Å². The maximum absolute atomic E-state index is 3.66. The molecule has 0 aliphatic carbocycles. The van der Waals surface area contributed by atoms with E-state index in [1.165, 1.54) is 36.2 Å². The average molecular weight is 252 g/mol. The zero-order valence-corrected chi connectivity index (χ0v) is 11.8. The molecule has 2 N–H and O–H groups in total. The zero-order valence-electron chi connectivity index (χ0n) is 11.0. The highest BCUT2D eigenvalue weighted by Crippen LogP contribution is 2.18. The Labute approximate surface area is 109 Å². The van der Waals surface area contributed by atoms with Crippen LogP contribution in [0.2, 0.25) is 0 Å². The molecule has 2 heterocycles. The van der Waals surface area contributed by atoms with E-state index < -0.39 is 0 Å². The van der Waals surface area contributed by atoms with Crippen LogP contribution in [0.25, 0.3) is 0 Å². The van der Waals surface area contributed by atoms with E-state index in [0.717, 1.165) is 19.0 Å². The Morgan fingerprint density at radius 2 is 2.47 bits per heavy atom. The molecule has 0 bridgehead atoms. The van der Waals surface area contributed by atoms with Crippen LogP contribution < -0.4 is 10.6 Å². The molecule has 0 radical (unpaired) electrons. The summed E-state index contributed by atoms with van der Waals surface area (Å²) in [6, 6.07) is 3.61. The largest absolute Gasteiger partial charge is 0.314 e. The van der Waals surface area contributed by atoms with Crippen molar-refractivity contribution in [2.45, 2.75) is 58.2 Å². The van der Waals surface area contributed by atoms with Gasteiger partial charge in [-0.05, 0) is 56.2 Å². The minimum absolute atomic E-state index is 0.609. The molecule has 1 aliphatic heterocycles. The summed E-state index contributed by atoms with van der Waals surface area (Å²) in [5.74, 6) is 0. The van der Waals surface area contributed by atoms with E-state index in [0.29, 0.717) is 6.04 Å². The number of thiophene rings is 1. The van der Waals surface area contributed by atoms with Crippen LogP contribution in [0.4, 0.5) is 0 Å². The second-order valence-electron chi connectivity index (χ2n) is 5.03. The third kappa shape index (κ3) is 3.80. The van der Waals surface area contributed by atoms with Crippen LogP contribution in [0, 0.1) is 0 Å². The summed E-state index contributed by atoms with van der Waals surface area (Å²) in [6.07, 6.45) is 5.11. The maximum Gasteiger partial charge on any atom is 0.0304 e. The number of rotatable bonds is 6. The predicted molar refractivity (Wildman–Crippen MR) is 75.6 cm³/mol. The minimum Gasteiger partial charge on any atom is -0.314 e. The van der Waals surface area contributed by atoms with Gasteiger partial charge >= 0.3 is 0 Å². The first kappa shape index (κ1) is 13.1. The molecule has 0 aromatic carbocycles. The summed E-state index contributed by atoms with van der Waals surface area (Å²) in [5.41, 5.74) is 1.51. The van der Waals surface area contributed by atoms with Crippen molar-refractivity contribution in [3.05, 3.63) is 21.9 Å². The van der Waals surface area contributed by atoms with E-state index >= 15 is 0 Å². The molecule has 1 fully saturated rings. The lowest BCUT2D eigenvalue weighted by molar-refractivity contribution is 0.441. The van der Waals surface area contributed by atoms with Crippen LogP contribution in [0.15, 0.2) is 11.4 Å². The molecule has 96 valence electrons. The van der Waals surface area contributed by atoms with E-state index in [2.05, 4.69) is 35.9 Å². The minimum atomic E-state index is 0.609. The van der Waals surface area contributed by atoms with Gasteiger partial charge in [-0.15, -0.1) is 11.3 Å². The van der Waals surface area contributed by atoms with E-state index in [-0.39, 0.29) is 0 Å². The van der Waals surface area contributed by atoms with Crippen molar-refractivity contribution in [1.29, 1.82) is 0 Å². The van der Waals surface area contributed by atoms with Crippen molar-refractivity contribution in [2.75, 3.05) is 6.54 Å². The fourth-order valence-corrected chi connectivity index (χ4v) is 3.50. The SMILES string of the molecule is CCc1ccsc1CNC(C)CC1CCCN1. The quantitative estimate of drug-likeness (QED) is 0.813. The summed E-state index contributed by atoms with van der Waals surface area (Å²) in [6.45, 7) is 6.79. The van der Waals surface area contributed by atoms with Crippen LogP contribution in [-0.2, 0) is 13.0 Å². The lowest BCUT2D eigenvalue weighted by Crippen LogP contribution is -2.33.